The van der Waals surface area contributed by atoms with Gasteiger partial charge >= 0.3 is 6.09 Å². The van der Waals surface area contributed by atoms with E-state index in [9.17, 15) is 9.59 Å². The lowest BCUT2D eigenvalue weighted by molar-refractivity contribution is -0.121. The molecule has 2 N–H and O–H groups in total. The molecular weight excluding hydrogens is 252 g/mol. The molecule has 106 valence electrons. The molecule has 9 nitrogen and oxygen atoms in total. The Morgan fingerprint density at radius 2 is 2.21 bits per heavy atom. The van der Waals surface area contributed by atoms with Gasteiger partial charge in [0, 0.05) is 13.1 Å². The van der Waals surface area contributed by atoms with Crippen LogP contribution in [0.3, 0.4) is 0 Å². The molecule has 19 heavy (non-hydrogen) atoms. The third-order valence-electron chi connectivity index (χ3n) is 2.14. The Bertz CT molecular complexity index is 431. The van der Waals surface area contributed by atoms with Crippen molar-refractivity contribution in [3.8, 4) is 0 Å². The van der Waals surface area contributed by atoms with E-state index in [0.717, 1.165) is 6.54 Å². The summed E-state index contributed by atoms with van der Waals surface area (Å²) >= 11 is 0. The smallest absolute Gasteiger partial charge is 0.412 e. The molecule has 1 heterocycles. The number of hydrogen-bond donors (Lipinski definition) is 2. The van der Waals surface area contributed by atoms with Gasteiger partial charge in [-0.3, -0.25) is 10.1 Å². The van der Waals surface area contributed by atoms with Crippen molar-refractivity contribution in [3.05, 3.63) is 6.20 Å². The summed E-state index contributed by atoms with van der Waals surface area (Å²) in [4.78, 5) is 24.4. The first-order chi connectivity index (χ1) is 9.01. The summed E-state index contributed by atoms with van der Waals surface area (Å²) in [6, 6.07) is 0. The molecular formula is C10H18N6O3. The third-order valence-corrected chi connectivity index (χ3v) is 2.14. The molecule has 0 bridgehead atoms. The summed E-state index contributed by atoms with van der Waals surface area (Å²) in [7, 11) is 5.10. The first-order valence-corrected chi connectivity index (χ1v) is 5.68. The number of hydrogen-bond acceptors (Lipinski definition) is 6. The van der Waals surface area contributed by atoms with Crippen molar-refractivity contribution in [1.82, 2.24) is 25.2 Å². The van der Waals surface area contributed by atoms with E-state index in [4.69, 9.17) is 0 Å². The first-order valence-electron chi connectivity index (χ1n) is 5.68. The van der Waals surface area contributed by atoms with Gasteiger partial charge in [-0.25, -0.2) is 9.48 Å². The van der Waals surface area contributed by atoms with Crippen LogP contribution in [0.2, 0.25) is 0 Å². The fraction of sp³-hybridized carbons (Fsp3) is 0.600. The van der Waals surface area contributed by atoms with Crippen molar-refractivity contribution in [2.45, 2.75) is 6.54 Å². The van der Waals surface area contributed by atoms with Crippen molar-refractivity contribution in [3.63, 3.8) is 0 Å². The molecule has 0 radical (unpaired) electrons. The van der Waals surface area contributed by atoms with Crippen LogP contribution in [0.5, 0.6) is 0 Å². The van der Waals surface area contributed by atoms with Crippen LogP contribution in [0.1, 0.15) is 0 Å². The molecule has 0 saturated heterocycles. The number of methoxy groups -OCH3 is 1. The molecule has 0 unspecified atom stereocenters. The number of carbonyl (C=O) groups excluding carboxylic acids is 2. The lowest BCUT2D eigenvalue weighted by atomic mass is 10.5. The average Bonchev–Trinajstić information content (AvgIpc) is 2.75. The number of aromatic nitrogens is 3. The van der Waals surface area contributed by atoms with E-state index >= 15 is 0 Å². The SMILES string of the molecule is COC(=O)Nc1cn(CC(=O)NCCN(C)C)nn1. The highest BCUT2D eigenvalue weighted by molar-refractivity contribution is 5.82. The van der Waals surface area contributed by atoms with Crippen LogP contribution < -0.4 is 10.6 Å². The normalized spacial score (nSPS) is 10.3. The Kier molecular flexibility index (Phi) is 5.73. The highest BCUT2D eigenvalue weighted by atomic mass is 16.5. The summed E-state index contributed by atoms with van der Waals surface area (Å²) in [5, 5.41) is 12.5. The van der Waals surface area contributed by atoms with E-state index < -0.39 is 6.09 Å². The molecule has 0 atom stereocenters. The van der Waals surface area contributed by atoms with Crippen molar-refractivity contribution < 1.29 is 14.3 Å². The predicted octanol–water partition coefficient (Wildman–Crippen LogP) is -0.866. The predicted molar refractivity (Wildman–Crippen MR) is 67.6 cm³/mol. The first kappa shape index (κ1) is 14.9. The maximum absolute atomic E-state index is 11.6. The molecule has 1 aromatic heterocycles. The van der Waals surface area contributed by atoms with Gasteiger partial charge in [0.2, 0.25) is 5.91 Å². The number of rotatable bonds is 6. The zero-order valence-corrected chi connectivity index (χ0v) is 11.2. The van der Waals surface area contributed by atoms with E-state index in [1.165, 1.54) is 18.0 Å². The van der Waals surface area contributed by atoms with Crippen molar-refractivity contribution in [2.75, 3.05) is 39.6 Å². The van der Waals surface area contributed by atoms with Gasteiger partial charge in [-0.15, -0.1) is 5.10 Å². The van der Waals surface area contributed by atoms with E-state index in [1.807, 2.05) is 19.0 Å². The maximum Gasteiger partial charge on any atom is 0.412 e. The summed E-state index contributed by atoms with van der Waals surface area (Å²) in [6.07, 6.45) is 0.810. The average molecular weight is 270 g/mol. The molecule has 9 heteroatoms. The van der Waals surface area contributed by atoms with Crippen molar-refractivity contribution in [1.29, 1.82) is 0 Å². The van der Waals surface area contributed by atoms with Gasteiger partial charge in [0.1, 0.15) is 6.54 Å². The zero-order valence-electron chi connectivity index (χ0n) is 11.2. The van der Waals surface area contributed by atoms with Crippen LogP contribution in [0.15, 0.2) is 6.20 Å². The molecule has 0 spiro atoms. The van der Waals surface area contributed by atoms with E-state index in [0.29, 0.717) is 6.54 Å². The lowest BCUT2D eigenvalue weighted by Gasteiger charge is -2.10. The molecule has 0 aliphatic heterocycles. The Hall–Kier alpha value is -2.16. The fourth-order valence-corrected chi connectivity index (χ4v) is 1.21. The highest BCUT2D eigenvalue weighted by Gasteiger charge is 2.08. The van der Waals surface area contributed by atoms with Gasteiger partial charge in [-0.2, -0.15) is 0 Å². The number of amides is 2. The Labute approximate surface area is 110 Å². The van der Waals surface area contributed by atoms with Gasteiger partial charge < -0.3 is 15.0 Å². The standard InChI is InChI=1S/C10H18N6O3/c1-15(2)5-4-11-9(17)7-16-6-8(13-14-16)12-10(18)19-3/h6H,4-5,7H2,1-3H3,(H,11,17)(H,12,18). The minimum absolute atomic E-state index is 0.0449. The van der Waals surface area contributed by atoms with Gasteiger partial charge in [0.15, 0.2) is 5.82 Å². The molecule has 0 saturated carbocycles. The second-order valence-corrected chi connectivity index (χ2v) is 4.07. The van der Waals surface area contributed by atoms with Crippen LogP contribution in [-0.2, 0) is 16.1 Å². The van der Waals surface area contributed by atoms with Crippen LogP contribution >= 0.6 is 0 Å². The van der Waals surface area contributed by atoms with Crippen LogP contribution in [0.25, 0.3) is 0 Å². The van der Waals surface area contributed by atoms with Crippen LogP contribution in [0, 0.1) is 0 Å². The largest absolute Gasteiger partial charge is 0.453 e. The highest BCUT2D eigenvalue weighted by Crippen LogP contribution is 2.00. The van der Waals surface area contributed by atoms with Gasteiger partial charge in [-0.05, 0) is 14.1 Å². The monoisotopic (exact) mass is 270 g/mol. The number of likely N-dealkylation sites (N-methyl/N-ethyl adjacent to an activating group) is 1. The summed E-state index contributed by atoms with van der Waals surface area (Å²) in [6.45, 7) is 1.37. The number of nitrogens with one attached hydrogen (secondary N) is 2. The van der Waals surface area contributed by atoms with Gasteiger partial charge in [0.25, 0.3) is 0 Å². The second kappa shape index (κ2) is 7.31. The maximum atomic E-state index is 11.6. The van der Waals surface area contributed by atoms with Crippen molar-refractivity contribution >= 4 is 17.8 Å². The number of anilines is 1. The molecule has 0 aromatic carbocycles. The van der Waals surface area contributed by atoms with Gasteiger partial charge in [0.05, 0.1) is 13.3 Å². The van der Waals surface area contributed by atoms with Crippen LogP contribution in [0.4, 0.5) is 10.6 Å². The molecule has 0 fully saturated rings. The fourth-order valence-electron chi connectivity index (χ4n) is 1.21. The number of ether oxygens (including phenoxy) is 1. The minimum Gasteiger partial charge on any atom is -0.453 e. The zero-order chi connectivity index (χ0) is 14.3. The minimum atomic E-state index is -0.637. The Morgan fingerprint density at radius 1 is 1.47 bits per heavy atom. The summed E-state index contributed by atoms with van der Waals surface area (Å²) < 4.78 is 5.74. The van der Waals surface area contributed by atoms with E-state index in [-0.39, 0.29) is 18.3 Å². The van der Waals surface area contributed by atoms with Gasteiger partial charge in [-0.1, -0.05) is 5.21 Å². The number of carbonyl (C=O) groups is 2. The molecule has 1 rings (SSSR count). The molecule has 0 aliphatic carbocycles. The summed E-state index contributed by atoms with van der Waals surface area (Å²) in [5.74, 6) is 0.0595. The third kappa shape index (κ3) is 5.82. The van der Waals surface area contributed by atoms with Crippen LogP contribution in [-0.4, -0.2) is 66.2 Å². The second-order valence-electron chi connectivity index (χ2n) is 4.07. The quantitative estimate of drug-likeness (QED) is 0.697. The van der Waals surface area contributed by atoms with E-state index in [1.54, 1.807) is 0 Å². The van der Waals surface area contributed by atoms with E-state index in [2.05, 4.69) is 25.7 Å². The topological polar surface area (TPSA) is 101 Å². The van der Waals surface area contributed by atoms with Crippen molar-refractivity contribution in [2.24, 2.45) is 0 Å². The molecule has 0 aliphatic rings. The Balaban J connectivity index is 2.36. The lowest BCUT2D eigenvalue weighted by Crippen LogP contribution is -2.33. The number of nitrogens with zero attached hydrogens (tertiary/aromatic N) is 4. The molecule has 2 amide bonds. The molecule has 1 aromatic rings. The summed E-state index contributed by atoms with van der Waals surface area (Å²) in [5.41, 5.74) is 0. The Morgan fingerprint density at radius 3 is 2.84 bits per heavy atom.